The number of carbonyl (C=O) groups excluding carboxylic acids is 2. The second-order valence-corrected chi connectivity index (χ2v) is 14.4. The summed E-state index contributed by atoms with van der Waals surface area (Å²) >= 11 is 12.8. The molecule has 0 saturated heterocycles. The molecule has 4 aromatic rings. The number of sulfonamides is 1. The van der Waals surface area contributed by atoms with E-state index in [1.54, 1.807) is 42.5 Å². The number of anilines is 1. The molecule has 0 aliphatic heterocycles. The summed E-state index contributed by atoms with van der Waals surface area (Å²) in [5.41, 5.74) is 2.53. The number of nitrogens with zero attached hydrogens (tertiary/aromatic N) is 2. The van der Waals surface area contributed by atoms with E-state index in [1.165, 1.54) is 37.3 Å². The Labute approximate surface area is 298 Å². The summed E-state index contributed by atoms with van der Waals surface area (Å²) in [4.78, 5) is 30.0. The average molecular weight is 727 g/mol. The summed E-state index contributed by atoms with van der Waals surface area (Å²) in [6.45, 7) is 5.01. The minimum absolute atomic E-state index is 0.0849. The first kappa shape index (κ1) is 37.6. The van der Waals surface area contributed by atoms with E-state index in [2.05, 4.69) is 5.32 Å². The fourth-order valence-electron chi connectivity index (χ4n) is 5.17. The van der Waals surface area contributed by atoms with Crippen molar-refractivity contribution in [2.24, 2.45) is 0 Å². The van der Waals surface area contributed by atoms with E-state index in [4.69, 9.17) is 32.7 Å². The van der Waals surface area contributed by atoms with Crippen LogP contribution in [0.15, 0.2) is 95.9 Å². The number of hydrogen-bond acceptors (Lipinski definition) is 6. The Hall–Kier alpha value is -4.25. The van der Waals surface area contributed by atoms with E-state index in [9.17, 15) is 18.0 Å². The number of amides is 2. The Balaban J connectivity index is 1.85. The zero-order chi connectivity index (χ0) is 35.7. The third-order valence-electron chi connectivity index (χ3n) is 8.17. The molecule has 0 aliphatic rings. The maximum Gasteiger partial charge on any atom is 0.264 e. The summed E-state index contributed by atoms with van der Waals surface area (Å²) < 4.78 is 40.6. The van der Waals surface area contributed by atoms with E-state index >= 15 is 0 Å². The lowest BCUT2D eigenvalue weighted by Crippen LogP contribution is -2.54. The molecule has 2 atom stereocenters. The van der Waals surface area contributed by atoms with Crippen LogP contribution in [0.25, 0.3) is 0 Å². The molecule has 1 N–H and O–H groups in total. The van der Waals surface area contributed by atoms with Crippen molar-refractivity contribution in [3.8, 4) is 11.5 Å². The number of benzene rings is 4. The van der Waals surface area contributed by atoms with Crippen LogP contribution < -0.4 is 19.1 Å². The number of aryl methyl sites for hydroxylation is 1. The van der Waals surface area contributed by atoms with Gasteiger partial charge in [0.2, 0.25) is 11.8 Å². The normalized spacial score (nSPS) is 12.5. The van der Waals surface area contributed by atoms with Gasteiger partial charge in [-0.3, -0.25) is 13.9 Å². The van der Waals surface area contributed by atoms with Crippen LogP contribution in [0.4, 0.5) is 5.69 Å². The first-order valence-corrected chi connectivity index (χ1v) is 18.0. The number of halogens is 2. The summed E-state index contributed by atoms with van der Waals surface area (Å²) in [5.74, 6) is -0.430. The molecule has 0 saturated carbocycles. The molecule has 9 nitrogen and oxygen atoms in total. The highest BCUT2D eigenvalue weighted by atomic mass is 35.5. The number of rotatable bonds is 15. The van der Waals surface area contributed by atoms with E-state index in [-0.39, 0.29) is 41.2 Å². The Bertz CT molecular complexity index is 1860. The zero-order valence-electron chi connectivity index (χ0n) is 28.2. The van der Waals surface area contributed by atoms with Gasteiger partial charge in [-0.1, -0.05) is 84.2 Å². The molecule has 4 rings (SSSR count). The molecule has 0 aromatic heterocycles. The molecule has 0 heterocycles. The van der Waals surface area contributed by atoms with Crippen LogP contribution in [-0.4, -0.2) is 58.0 Å². The van der Waals surface area contributed by atoms with Gasteiger partial charge >= 0.3 is 0 Å². The lowest BCUT2D eigenvalue weighted by molar-refractivity contribution is -0.140. The molecule has 0 fully saturated rings. The molecule has 0 spiro atoms. The van der Waals surface area contributed by atoms with Gasteiger partial charge < -0.3 is 19.7 Å². The number of carbonyl (C=O) groups is 2. The monoisotopic (exact) mass is 725 g/mol. The van der Waals surface area contributed by atoms with Crippen LogP contribution >= 0.6 is 23.2 Å². The molecule has 0 bridgehead atoms. The molecule has 0 radical (unpaired) electrons. The predicted molar refractivity (Wildman–Crippen MR) is 194 cm³/mol. The fourth-order valence-corrected chi connectivity index (χ4v) is 7.07. The van der Waals surface area contributed by atoms with Gasteiger partial charge in [0.25, 0.3) is 10.0 Å². The Kier molecular flexibility index (Phi) is 13.0. The third-order valence-corrected chi connectivity index (χ3v) is 10.5. The van der Waals surface area contributed by atoms with Gasteiger partial charge in [-0.15, -0.1) is 0 Å². The molecule has 49 heavy (non-hydrogen) atoms. The Morgan fingerprint density at radius 3 is 2.16 bits per heavy atom. The fraction of sp³-hybridized carbons (Fsp3) is 0.297. The summed E-state index contributed by atoms with van der Waals surface area (Å²) in [6, 6.07) is 24.1. The van der Waals surface area contributed by atoms with Gasteiger partial charge in [0.15, 0.2) is 11.5 Å². The molecule has 4 aromatic carbocycles. The average Bonchev–Trinajstić information content (AvgIpc) is 3.09. The standard InChI is InChI=1S/C37H41Cl2N3O6S/c1-6-26(3)40-37(44)33(20-27-10-8-7-9-11-27)41(23-28-14-15-29(38)21-32(28)39)36(43)24-42(30-16-12-25(2)13-17-30)49(45,46)31-18-19-34(47-4)35(22-31)48-5/h7-19,21-22,26,33H,6,20,23-24H2,1-5H3,(H,40,44)/t26-,33+/m1/s1. The van der Waals surface area contributed by atoms with Crippen molar-refractivity contribution in [3.63, 3.8) is 0 Å². The van der Waals surface area contributed by atoms with Crippen molar-refractivity contribution in [3.05, 3.63) is 118 Å². The lowest BCUT2D eigenvalue weighted by Gasteiger charge is -2.34. The molecule has 0 aliphatic carbocycles. The summed E-state index contributed by atoms with van der Waals surface area (Å²) in [7, 11) is -1.50. The quantitative estimate of drug-likeness (QED) is 0.141. The summed E-state index contributed by atoms with van der Waals surface area (Å²) in [5, 5.41) is 3.74. The Morgan fingerprint density at radius 2 is 1.55 bits per heavy atom. The molecular weight excluding hydrogens is 685 g/mol. The smallest absolute Gasteiger partial charge is 0.264 e. The number of hydrogen-bond donors (Lipinski definition) is 1. The van der Waals surface area contributed by atoms with Crippen molar-refractivity contribution in [1.82, 2.24) is 10.2 Å². The number of ether oxygens (including phenoxy) is 2. The molecule has 12 heteroatoms. The van der Waals surface area contributed by atoms with Crippen LogP contribution in [0.3, 0.4) is 0 Å². The van der Waals surface area contributed by atoms with Crippen molar-refractivity contribution in [1.29, 1.82) is 0 Å². The first-order valence-electron chi connectivity index (χ1n) is 15.8. The van der Waals surface area contributed by atoms with Crippen LogP contribution in [0.2, 0.25) is 10.0 Å². The SMILES string of the molecule is CC[C@@H](C)NC(=O)[C@H](Cc1ccccc1)N(Cc1ccc(Cl)cc1Cl)C(=O)CN(c1ccc(C)cc1)S(=O)(=O)c1ccc(OC)c(OC)c1. The topological polar surface area (TPSA) is 105 Å². The second-order valence-electron chi connectivity index (χ2n) is 11.6. The third kappa shape index (κ3) is 9.47. The van der Waals surface area contributed by atoms with Crippen LogP contribution in [-0.2, 0) is 32.6 Å². The number of methoxy groups -OCH3 is 2. The highest BCUT2D eigenvalue weighted by molar-refractivity contribution is 7.92. The van der Waals surface area contributed by atoms with Gasteiger partial charge in [-0.05, 0) is 67.8 Å². The lowest BCUT2D eigenvalue weighted by atomic mass is 10.0. The van der Waals surface area contributed by atoms with E-state index in [0.717, 1.165) is 15.4 Å². The van der Waals surface area contributed by atoms with E-state index < -0.39 is 28.5 Å². The van der Waals surface area contributed by atoms with Gasteiger partial charge in [0, 0.05) is 35.1 Å². The van der Waals surface area contributed by atoms with Gasteiger partial charge in [0.1, 0.15) is 12.6 Å². The molecular formula is C37H41Cl2N3O6S. The largest absolute Gasteiger partial charge is 0.493 e. The van der Waals surface area contributed by atoms with Crippen LogP contribution in [0.5, 0.6) is 11.5 Å². The van der Waals surface area contributed by atoms with Crippen LogP contribution in [0.1, 0.15) is 37.0 Å². The zero-order valence-corrected chi connectivity index (χ0v) is 30.5. The van der Waals surface area contributed by atoms with Crippen molar-refractivity contribution in [2.75, 3.05) is 25.1 Å². The highest BCUT2D eigenvalue weighted by Crippen LogP contribution is 2.33. The van der Waals surface area contributed by atoms with E-state index in [0.29, 0.717) is 27.8 Å². The maximum absolute atomic E-state index is 14.7. The predicted octanol–water partition coefficient (Wildman–Crippen LogP) is 7.07. The minimum atomic E-state index is -4.36. The Morgan fingerprint density at radius 1 is 0.878 bits per heavy atom. The first-order chi connectivity index (χ1) is 23.4. The van der Waals surface area contributed by atoms with Crippen LogP contribution in [0, 0.1) is 6.92 Å². The van der Waals surface area contributed by atoms with E-state index in [1.807, 2.05) is 51.1 Å². The number of nitrogens with one attached hydrogen (secondary N) is 1. The van der Waals surface area contributed by atoms with Crippen molar-refractivity contribution >= 4 is 50.7 Å². The molecule has 260 valence electrons. The minimum Gasteiger partial charge on any atom is -0.493 e. The second kappa shape index (κ2) is 16.9. The van der Waals surface area contributed by atoms with Gasteiger partial charge in [-0.2, -0.15) is 0 Å². The highest BCUT2D eigenvalue weighted by Gasteiger charge is 2.35. The van der Waals surface area contributed by atoms with Gasteiger partial charge in [-0.25, -0.2) is 8.42 Å². The maximum atomic E-state index is 14.7. The van der Waals surface area contributed by atoms with Gasteiger partial charge in [0.05, 0.1) is 24.8 Å². The van der Waals surface area contributed by atoms with Crippen molar-refractivity contribution in [2.45, 2.75) is 57.1 Å². The molecule has 2 amide bonds. The molecule has 0 unspecified atom stereocenters. The summed E-state index contributed by atoms with van der Waals surface area (Å²) in [6.07, 6.45) is 0.846. The van der Waals surface area contributed by atoms with Crippen molar-refractivity contribution < 1.29 is 27.5 Å².